The molecule has 2 aliphatic rings. The van der Waals surface area contributed by atoms with Crippen LogP contribution in [-0.2, 0) is 24.0 Å². The van der Waals surface area contributed by atoms with Crippen LogP contribution in [0.1, 0.15) is 96.6 Å². The van der Waals surface area contributed by atoms with Crippen LogP contribution in [0.15, 0.2) is 36.7 Å². The predicted molar refractivity (Wildman–Crippen MR) is 169 cm³/mol. The van der Waals surface area contributed by atoms with Crippen LogP contribution in [0.4, 0.5) is 4.39 Å². The number of amides is 4. The van der Waals surface area contributed by atoms with Crippen molar-refractivity contribution in [1.29, 1.82) is 0 Å². The van der Waals surface area contributed by atoms with Gasteiger partial charge in [0.1, 0.15) is 17.4 Å². The first-order valence-electron chi connectivity index (χ1n) is 16.0. The molecule has 7 N–H and O–H groups in total. The number of hydrogen-bond donors (Lipinski definition) is 6. The van der Waals surface area contributed by atoms with E-state index in [4.69, 9.17) is 5.73 Å². The number of nitrogens with two attached hydrogens (primary N) is 1. The molecule has 3 rings (SSSR count). The zero-order valence-electron chi connectivity index (χ0n) is 26.7. The number of rotatable bonds is 8. The molecule has 2 fully saturated rings. The highest BCUT2D eigenvalue weighted by Crippen LogP contribution is 2.32. The minimum Gasteiger partial charge on any atom is -0.386 e. The number of benzene rings is 1. The van der Waals surface area contributed by atoms with Gasteiger partial charge in [-0.3, -0.25) is 24.0 Å². The molecule has 4 amide bonds. The number of carbonyl (C=O) groups excluding carboxylic acids is 5. The van der Waals surface area contributed by atoms with E-state index in [9.17, 15) is 28.4 Å². The van der Waals surface area contributed by atoms with E-state index < -0.39 is 46.6 Å². The molecule has 1 saturated heterocycles. The van der Waals surface area contributed by atoms with Gasteiger partial charge in [-0.1, -0.05) is 45.4 Å². The summed E-state index contributed by atoms with van der Waals surface area (Å²) in [5.74, 6) is -3.29. The van der Waals surface area contributed by atoms with Crippen molar-refractivity contribution in [3.8, 4) is 0 Å². The summed E-state index contributed by atoms with van der Waals surface area (Å²) >= 11 is 0. The molecule has 1 saturated carbocycles. The third-order valence-corrected chi connectivity index (χ3v) is 8.82. The van der Waals surface area contributed by atoms with Crippen LogP contribution in [0.2, 0.25) is 0 Å². The lowest BCUT2D eigenvalue weighted by Gasteiger charge is -2.35. The third kappa shape index (κ3) is 9.76. The van der Waals surface area contributed by atoms with Crippen molar-refractivity contribution in [2.45, 2.75) is 102 Å². The number of nitrogens with one attached hydrogen (secondary N) is 5. The van der Waals surface area contributed by atoms with Crippen LogP contribution in [0.3, 0.4) is 0 Å². The van der Waals surface area contributed by atoms with Crippen molar-refractivity contribution >= 4 is 29.4 Å². The van der Waals surface area contributed by atoms with E-state index in [0.717, 1.165) is 0 Å². The van der Waals surface area contributed by atoms with Gasteiger partial charge in [-0.2, -0.15) is 0 Å². The van der Waals surface area contributed by atoms with Crippen molar-refractivity contribution in [2.24, 2.45) is 17.6 Å². The van der Waals surface area contributed by atoms with Gasteiger partial charge in [0.2, 0.25) is 23.6 Å². The Hall–Kier alpha value is -3.96. The number of halogens is 1. The van der Waals surface area contributed by atoms with Gasteiger partial charge in [-0.05, 0) is 69.6 Å². The first-order chi connectivity index (χ1) is 21.3. The van der Waals surface area contributed by atoms with E-state index in [1.165, 1.54) is 24.3 Å². The fourth-order valence-corrected chi connectivity index (χ4v) is 5.93. The molecule has 1 aliphatic carbocycles. The van der Waals surface area contributed by atoms with E-state index in [1.54, 1.807) is 20.8 Å². The maximum atomic E-state index is 14.0. The Kier molecular flexibility index (Phi) is 12.5. The molecule has 1 aliphatic heterocycles. The van der Waals surface area contributed by atoms with E-state index >= 15 is 0 Å². The molecule has 0 aromatic heterocycles. The topological polar surface area (TPSA) is 172 Å². The number of Topliss-reactive ketones (excluding diaryl/α,β-unsaturated/α-hetero) is 1. The molecule has 1 heterocycles. The zero-order valence-corrected chi connectivity index (χ0v) is 26.7. The summed E-state index contributed by atoms with van der Waals surface area (Å²) in [6.45, 7) is 9.49. The summed E-state index contributed by atoms with van der Waals surface area (Å²) in [6, 6.07) is 4.25. The van der Waals surface area contributed by atoms with Crippen LogP contribution >= 0.6 is 0 Å². The Morgan fingerprint density at radius 3 is 2.31 bits per heavy atom. The molecule has 3 atom stereocenters. The summed E-state index contributed by atoms with van der Waals surface area (Å²) in [7, 11) is 0. The Balaban J connectivity index is 1.98. The van der Waals surface area contributed by atoms with Crippen molar-refractivity contribution in [3.05, 3.63) is 48.0 Å². The lowest BCUT2D eigenvalue weighted by Crippen LogP contribution is -2.60. The van der Waals surface area contributed by atoms with Gasteiger partial charge in [0.05, 0.1) is 11.4 Å². The van der Waals surface area contributed by atoms with E-state index in [1.807, 2.05) is 0 Å². The van der Waals surface area contributed by atoms with E-state index in [2.05, 4.69) is 33.2 Å². The highest BCUT2D eigenvalue weighted by molar-refractivity contribution is 5.98. The summed E-state index contributed by atoms with van der Waals surface area (Å²) in [5.41, 5.74) is 3.52. The van der Waals surface area contributed by atoms with Gasteiger partial charge in [-0.25, -0.2) is 4.39 Å². The van der Waals surface area contributed by atoms with Crippen molar-refractivity contribution < 1.29 is 28.4 Å². The summed E-state index contributed by atoms with van der Waals surface area (Å²) in [4.78, 5) is 68.0. The third-order valence-electron chi connectivity index (χ3n) is 8.82. The standard InChI is InChI=1S/C33H49FN6O5/c1-21(2)28(42)39-32(4)15-7-8-18-37-30(44)27(23-11-13-25(34)14-12-23)38-31(45)33(16-5-6-17-33)40-29(43)24(20-26(32)41)10-9-19-36-22(3)35/h11-14,21,24,27,36H,3,5-10,15-20,35H2,1-2,4H3,(H,37,44)(H,38,45)(H,39,42)(H,40,43)/t24-,27-,32-/m1/s1. The van der Waals surface area contributed by atoms with Crippen LogP contribution in [0.25, 0.3) is 0 Å². The van der Waals surface area contributed by atoms with Gasteiger partial charge in [-0.15, -0.1) is 0 Å². The fourth-order valence-electron chi connectivity index (χ4n) is 5.93. The van der Waals surface area contributed by atoms with Gasteiger partial charge in [0.25, 0.3) is 0 Å². The Morgan fingerprint density at radius 1 is 1.04 bits per heavy atom. The summed E-state index contributed by atoms with van der Waals surface area (Å²) < 4.78 is 13.7. The van der Waals surface area contributed by atoms with Crippen LogP contribution in [-0.4, -0.2) is 53.6 Å². The Bertz CT molecular complexity index is 1250. The molecule has 45 heavy (non-hydrogen) atoms. The van der Waals surface area contributed by atoms with Gasteiger partial charge in [0.15, 0.2) is 5.78 Å². The van der Waals surface area contributed by atoms with E-state index in [-0.39, 0.29) is 30.6 Å². The van der Waals surface area contributed by atoms with Crippen LogP contribution in [0.5, 0.6) is 0 Å². The zero-order chi connectivity index (χ0) is 33.2. The minimum atomic E-state index is -1.28. The van der Waals surface area contributed by atoms with Gasteiger partial charge < -0.3 is 32.3 Å². The summed E-state index contributed by atoms with van der Waals surface area (Å²) in [6.07, 6.45) is 4.10. The molecular formula is C33H49FN6O5. The number of carbonyl (C=O) groups is 5. The molecule has 0 unspecified atom stereocenters. The van der Waals surface area contributed by atoms with E-state index in [0.29, 0.717) is 75.7 Å². The lowest BCUT2D eigenvalue weighted by molar-refractivity contribution is -0.139. The second-order valence-electron chi connectivity index (χ2n) is 12.9. The molecule has 1 aromatic rings. The molecule has 248 valence electrons. The molecule has 1 aromatic carbocycles. The number of hydrogen-bond acceptors (Lipinski definition) is 7. The normalized spacial score (nSPS) is 24.9. The van der Waals surface area contributed by atoms with Crippen molar-refractivity contribution in [1.82, 2.24) is 26.6 Å². The molecular weight excluding hydrogens is 579 g/mol. The van der Waals surface area contributed by atoms with Crippen LogP contribution in [0, 0.1) is 17.7 Å². The maximum Gasteiger partial charge on any atom is 0.247 e. The fraction of sp³-hybridized carbons (Fsp3) is 0.606. The minimum absolute atomic E-state index is 0.128. The predicted octanol–water partition coefficient (Wildman–Crippen LogP) is 2.62. The highest BCUT2D eigenvalue weighted by Gasteiger charge is 2.46. The summed E-state index contributed by atoms with van der Waals surface area (Å²) in [5, 5.41) is 14.5. The quantitative estimate of drug-likeness (QED) is 0.240. The Morgan fingerprint density at radius 2 is 1.69 bits per heavy atom. The SMILES string of the molecule is C=C(N)NCCC[C@@H]1CC(=O)[C@](C)(NC(=O)C(C)C)CCCCNC(=O)[C@@H](c2ccc(F)cc2)NC(=O)C2(CCCC2)NC1=O. The largest absolute Gasteiger partial charge is 0.386 e. The average molecular weight is 629 g/mol. The van der Waals surface area contributed by atoms with Gasteiger partial charge in [0, 0.05) is 31.3 Å². The van der Waals surface area contributed by atoms with Gasteiger partial charge >= 0.3 is 0 Å². The highest BCUT2D eigenvalue weighted by atomic mass is 19.1. The first kappa shape index (κ1) is 35.5. The molecule has 12 heteroatoms. The number of ketones is 1. The second-order valence-corrected chi connectivity index (χ2v) is 12.9. The maximum absolute atomic E-state index is 14.0. The second kappa shape index (κ2) is 15.9. The molecule has 11 nitrogen and oxygen atoms in total. The molecule has 0 bridgehead atoms. The Labute approximate surface area is 265 Å². The van der Waals surface area contributed by atoms with Crippen molar-refractivity contribution in [3.63, 3.8) is 0 Å². The molecule has 1 spiro atoms. The average Bonchev–Trinajstić information content (AvgIpc) is 3.46. The van der Waals surface area contributed by atoms with Crippen LogP contribution < -0.4 is 32.3 Å². The monoisotopic (exact) mass is 628 g/mol. The van der Waals surface area contributed by atoms with Crippen molar-refractivity contribution in [2.75, 3.05) is 13.1 Å². The lowest BCUT2D eigenvalue weighted by atomic mass is 9.82. The smallest absolute Gasteiger partial charge is 0.247 e. The molecule has 0 radical (unpaired) electrons. The first-order valence-corrected chi connectivity index (χ1v) is 16.0.